The second-order valence-corrected chi connectivity index (χ2v) is 6.08. The largest absolute Gasteiger partial charge is 0.396 e. The van der Waals surface area contributed by atoms with Crippen molar-refractivity contribution in [3.63, 3.8) is 0 Å². The van der Waals surface area contributed by atoms with Gasteiger partial charge in [0.1, 0.15) is 5.70 Å². The number of nitro groups is 1. The highest BCUT2D eigenvalue weighted by atomic mass is 35.5. The molecule has 0 atom stereocenters. The molecule has 28 heavy (non-hydrogen) atoms. The number of aliphatic hydroxyl groups is 1. The molecule has 146 valence electrons. The third kappa shape index (κ3) is 5.90. The van der Waals surface area contributed by atoms with Crippen LogP contribution >= 0.6 is 11.6 Å². The molecule has 0 fully saturated rings. The highest BCUT2D eigenvalue weighted by Gasteiger charge is 2.16. The van der Waals surface area contributed by atoms with E-state index < -0.39 is 16.7 Å². The van der Waals surface area contributed by atoms with Gasteiger partial charge in [-0.2, -0.15) is 0 Å². The fourth-order valence-electron chi connectivity index (χ4n) is 2.26. The lowest BCUT2D eigenvalue weighted by Gasteiger charge is -2.11. The van der Waals surface area contributed by atoms with Crippen molar-refractivity contribution < 1.29 is 19.6 Å². The maximum atomic E-state index is 12.5. The average molecular weight is 404 g/mol. The van der Waals surface area contributed by atoms with Crippen LogP contribution < -0.4 is 10.6 Å². The van der Waals surface area contributed by atoms with E-state index in [-0.39, 0.29) is 35.1 Å². The molecular formula is C19H18ClN3O5. The van der Waals surface area contributed by atoms with Crippen LogP contribution in [0.15, 0.2) is 54.2 Å². The van der Waals surface area contributed by atoms with E-state index in [9.17, 15) is 19.7 Å². The van der Waals surface area contributed by atoms with Crippen LogP contribution in [0, 0.1) is 10.1 Å². The van der Waals surface area contributed by atoms with Gasteiger partial charge >= 0.3 is 0 Å². The van der Waals surface area contributed by atoms with Crippen LogP contribution in [0.25, 0.3) is 6.08 Å². The number of amides is 2. The lowest BCUT2D eigenvalue weighted by molar-refractivity contribution is -0.384. The number of carbonyl (C=O) groups is 2. The SMILES string of the molecule is O=C(NCCCO)/C(=C/c1cccc([N+](=O)[O-])c1)NC(=O)c1ccccc1Cl. The lowest BCUT2D eigenvalue weighted by atomic mass is 10.1. The number of nitrogens with zero attached hydrogens (tertiary/aromatic N) is 1. The first-order chi connectivity index (χ1) is 13.4. The van der Waals surface area contributed by atoms with Crippen LogP contribution in [-0.2, 0) is 4.79 Å². The van der Waals surface area contributed by atoms with Crippen LogP contribution in [-0.4, -0.2) is 35.0 Å². The summed E-state index contributed by atoms with van der Waals surface area (Å²) in [5.41, 5.74) is 0.285. The molecule has 0 aliphatic heterocycles. The second kappa shape index (κ2) is 10.2. The van der Waals surface area contributed by atoms with Gasteiger partial charge in [-0.15, -0.1) is 0 Å². The second-order valence-electron chi connectivity index (χ2n) is 5.68. The normalized spacial score (nSPS) is 11.0. The van der Waals surface area contributed by atoms with Crippen LogP contribution in [0.2, 0.25) is 5.02 Å². The first kappa shape index (κ1) is 21.1. The van der Waals surface area contributed by atoms with E-state index in [0.29, 0.717) is 12.0 Å². The molecule has 0 aliphatic rings. The van der Waals surface area contributed by atoms with E-state index in [1.54, 1.807) is 24.3 Å². The minimum absolute atomic E-state index is 0.101. The summed E-state index contributed by atoms with van der Waals surface area (Å²) in [7, 11) is 0. The van der Waals surface area contributed by atoms with E-state index >= 15 is 0 Å². The Morgan fingerprint density at radius 3 is 2.61 bits per heavy atom. The van der Waals surface area contributed by atoms with Crippen molar-refractivity contribution in [1.82, 2.24) is 10.6 Å². The van der Waals surface area contributed by atoms with Gasteiger partial charge in [0.05, 0.1) is 15.5 Å². The lowest BCUT2D eigenvalue weighted by Crippen LogP contribution is -2.35. The summed E-state index contributed by atoms with van der Waals surface area (Å²) < 4.78 is 0. The molecule has 0 saturated carbocycles. The van der Waals surface area contributed by atoms with Gasteiger partial charge < -0.3 is 15.7 Å². The predicted molar refractivity (Wildman–Crippen MR) is 105 cm³/mol. The van der Waals surface area contributed by atoms with Gasteiger partial charge in [-0.3, -0.25) is 19.7 Å². The van der Waals surface area contributed by atoms with Gasteiger partial charge in [-0.1, -0.05) is 35.9 Å². The monoisotopic (exact) mass is 403 g/mol. The summed E-state index contributed by atoms with van der Waals surface area (Å²) in [5.74, 6) is -1.19. The number of aliphatic hydroxyl groups excluding tert-OH is 1. The Morgan fingerprint density at radius 1 is 1.18 bits per heavy atom. The standard InChI is InChI=1S/C19H18ClN3O5/c20-16-8-2-1-7-15(16)18(25)22-17(19(26)21-9-4-10-24)12-13-5-3-6-14(11-13)23(27)28/h1-3,5-8,11-12,24H,4,9-10H2,(H,21,26)(H,22,25)/b17-12-. The van der Waals surface area contributed by atoms with E-state index in [2.05, 4.69) is 10.6 Å². The maximum absolute atomic E-state index is 12.5. The van der Waals surface area contributed by atoms with Crippen LogP contribution in [0.3, 0.4) is 0 Å². The molecule has 8 nitrogen and oxygen atoms in total. The molecule has 2 amide bonds. The molecule has 2 rings (SSSR count). The average Bonchev–Trinajstić information content (AvgIpc) is 2.68. The van der Waals surface area contributed by atoms with Crippen molar-refractivity contribution in [1.29, 1.82) is 0 Å². The minimum Gasteiger partial charge on any atom is -0.396 e. The van der Waals surface area contributed by atoms with Gasteiger partial charge in [0, 0.05) is 25.3 Å². The topological polar surface area (TPSA) is 122 Å². The molecule has 0 spiro atoms. The molecule has 0 aromatic heterocycles. The fraction of sp³-hybridized carbons (Fsp3) is 0.158. The Kier molecular flexibility index (Phi) is 7.67. The molecule has 0 heterocycles. The molecule has 0 aliphatic carbocycles. The first-order valence-corrected chi connectivity index (χ1v) is 8.71. The number of nitro benzene ring substituents is 1. The molecule has 0 saturated heterocycles. The Morgan fingerprint density at radius 2 is 1.93 bits per heavy atom. The summed E-state index contributed by atoms with van der Waals surface area (Å²) in [6.07, 6.45) is 1.67. The quantitative estimate of drug-likeness (QED) is 0.270. The molecule has 0 bridgehead atoms. The van der Waals surface area contributed by atoms with Crippen molar-refractivity contribution in [2.45, 2.75) is 6.42 Å². The van der Waals surface area contributed by atoms with Gasteiger partial charge in [0.25, 0.3) is 17.5 Å². The Labute approximate surface area is 166 Å². The van der Waals surface area contributed by atoms with Crippen molar-refractivity contribution in [2.24, 2.45) is 0 Å². The van der Waals surface area contributed by atoms with Gasteiger partial charge in [0.2, 0.25) is 0 Å². The van der Waals surface area contributed by atoms with Crippen molar-refractivity contribution in [3.8, 4) is 0 Å². The predicted octanol–water partition coefficient (Wildman–Crippen LogP) is 2.52. The van der Waals surface area contributed by atoms with Crippen molar-refractivity contribution in [2.75, 3.05) is 13.2 Å². The number of carbonyl (C=O) groups excluding carboxylic acids is 2. The molecular weight excluding hydrogens is 386 g/mol. The number of halogens is 1. The first-order valence-electron chi connectivity index (χ1n) is 8.33. The summed E-state index contributed by atoms with van der Waals surface area (Å²) in [5, 5.41) is 25.1. The summed E-state index contributed by atoms with van der Waals surface area (Å²) >= 11 is 6.02. The fourth-order valence-corrected chi connectivity index (χ4v) is 2.49. The van der Waals surface area contributed by atoms with Gasteiger partial charge in [-0.05, 0) is 30.2 Å². The van der Waals surface area contributed by atoms with E-state index in [1.165, 1.54) is 30.3 Å². The molecule has 9 heteroatoms. The number of rotatable bonds is 8. The molecule has 3 N–H and O–H groups in total. The van der Waals surface area contributed by atoms with Crippen LogP contribution in [0.4, 0.5) is 5.69 Å². The maximum Gasteiger partial charge on any atom is 0.270 e. The molecule has 2 aromatic rings. The molecule has 0 radical (unpaired) electrons. The third-order valence-electron chi connectivity index (χ3n) is 3.62. The van der Waals surface area contributed by atoms with E-state index in [1.807, 2.05) is 0 Å². The zero-order valence-corrected chi connectivity index (χ0v) is 15.5. The summed E-state index contributed by atoms with van der Waals surface area (Å²) in [4.78, 5) is 35.4. The number of hydrogen-bond acceptors (Lipinski definition) is 5. The Balaban J connectivity index is 2.32. The van der Waals surface area contributed by atoms with Crippen LogP contribution in [0.1, 0.15) is 22.3 Å². The number of benzene rings is 2. The Bertz CT molecular complexity index is 914. The van der Waals surface area contributed by atoms with Crippen LogP contribution in [0.5, 0.6) is 0 Å². The van der Waals surface area contributed by atoms with Gasteiger partial charge in [-0.25, -0.2) is 0 Å². The highest BCUT2D eigenvalue weighted by Crippen LogP contribution is 2.17. The molecule has 0 unspecified atom stereocenters. The summed E-state index contributed by atoms with van der Waals surface area (Å²) in [6.45, 7) is 0.0970. The van der Waals surface area contributed by atoms with Crippen molar-refractivity contribution in [3.05, 3.63) is 80.5 Å². The van der Waals surface area contributed by atoms with Crippen molar-refractivity contribution >= 4 is 35.2 Å². The zero-order chi connectivity index (χ0) is 20.5. The van der Waals surface area contributed by atoms with Gasteiger partial charge in [0.15, 0.2) is 0 Å². The number of non-ortho nitro benzene ring substituents is 1. The smallest absolute Gasteiger partial charge is 0.270 e. The minimum atomic E-state index is -0.598. The molecule has 2 aromatic carbocycles. The zero-order valence-electron chi connectivity index (χ0n) is 14.7. The third-order valence-corrected chi connectivity index (χ3v) is 3.95. The number of nitrogens with one attached hydrogen (secondary N) is 2. The van der Waals surface area contributed by atoms with E-state index in [0.717, 1.165) is 0 Å². The highest BCUT2D eigenvalue weighted by molar-refractivity contribution is 6.34. The Hall–Kier alpha value is -3.23. The number of hydrogen-bond donors (Lipinski definition) is 3. The van der Waals surface area contributed by atoms with E-state index in [4.69, 9.17) is 16.7 Å². The summed E-state index contributed by atoms with van der Waals surface area (Å²) in [6, 6.07) is 12.0.